The second-order valence-electron chi connectivity index (χ2n) is 10.1. The zero-order valence-corrected chi connectivity index (χ0v) is 22.9. The Morgan fingerprint density at radius 3 is 2.73 bits per heavy atom. The molecule has 14 heteroatoms. The zero-order valence-electron chi connectivity index (χ0n) is 22.1. The monoisotopic (exact) mass is 582 g/mol. The molecular weight excluding hydrogens is 554 g/mol. The van der Waals surface area contributed by atoms with E-state index in [4.69, 9.17) is 4.74 Å². The third-order valence-electron chi connectivity index (χ3n) is 7.27. The summed E-state index contributed by atoms with van der Waals surface area (Å²) >= 11 is 1.25. The van der Waals surface area contributed by atoms with Gasteiger partial charge in [-0.05, 0) is 44.4 Å². The first-order chi connectivity index (χ1) is 19.9. The van der Waals surface area contributed by atoms with Crippen molar-refractivity contribution >= 4 is 28.9 Å². The quantitative estimate of drug-likeness (QED) is 0.229. The summed E-state index contributed by atoms with van der Waals surface area (Å²) in [4.78, 5) is 33.5. The molecule has 11 nitrogen and oxygen atoms in total. The van der Waals surface area contributed by atoms with Gasteiger partial charge in [0.15, 0.2) is 12.5 Å². The highest BCUT2D eigenvalue weighted by Gasteiger charge is 2.25. The highest BCUT2D eigenvalue weighted by molar-refractivity contribution is 7.13. The summed E-state index contributed by atoms with van der Waals surface area (Å²) in [6.07, 6.45) is 11.7. The van der Waals surface area contributed by atoms with Gasteiger partial charge in [0.2, 0.25) is 5.95 Å². The second kappa shape index (κ2) is 11.8. The van der Waals surface area contributed by atoms with Crippen molar-refractivity contribution in [2.45, 2.75) is 63.8 Å². The average Bonchev–Trinajstić information content (AvgIpc) is 3.80. The van der Waals surface area contributed by atoms with Crippen LogP contribution in [0.4, 0.5) is 14.5 Å². The lowest BCUT2D eigenvalue weighted by Gasteiger charge is -2.21. The van der Waals surface area contributed by atoms with Gasteiger partial charge in [0, 0.05) is 23.3 Å². The molecule has 1 atom stereocenters. The van der Waals surface area contributed by atoms with Gasteiger partial charge < -0.3 is 15.4 Å². The Bertz CT molecular complexity index is 1560. The first-order valence-electron chi connectivity index (χ1n) is 13.6. The Balaban J connectivity index is 1.18. The van der Waals surface area contributed by atoms with Crippen molar-refractivity contribution in [2.24, 2.45) is 0 Å². The fraction of sp³-hybridized carbons (Fsp3) is 0.407. The highest BCUT2D eigenvalue weighted by Crippen LogP contribution is 2.34. The van der Waals surface area contributed by atoms with E-state index in [0.29, 0.717) is 10.6 Å². The molecule has 0 radical (unpaired) electrons. The van der Waals surface area contributed by atoms with Crippen molar-refractivity contribution in [3.63, 3.8) is 0 Å². The highest BCUT2D eigenvalue weighted by atomic mass is 32.1. The number of pyridine rings is 1. The Labute approximate surface area is 237 Å². The summed E-state index contributed by atoms with van der Waals surface area (Å²) in [7, 11) is 0. The SMILES string of the molecule is O=C(Nc1cn(C2CCCCC2)nc1-c1nc(F)ccc1F)c1csc(-c2cnn(COC(=O)C3CCCN3)c2)n1. The number of aromatic nitrogens is 6. The molecule has 6 rings (SSSR count). The molecule has 1 saturated heterocycles. The molecule has 1 saturated carbocycles. The first kappa shape index (κ1) is 27.1. The van der Waals surface area contributed by atoms with E-state index in [-0.39, 0.29) is 47.6 Å². The van der Waals surface area contributed by atoms with Crippen LogP contribution in [0, 0.1) is 11.8 Å². The lowest BCUT2D eigenvalue weighted by atomic mass is 9.96. The Morgan fingerprint density at radius 2 is 1.93 bits per heavy atom. The van der Waals surface area contributed by atoms with Crippen LogP contribution in [0.25, 0.3) is 22.0 Å². The number of nitrogens with one attached hydrogen (secondary N) is 2. The fourth-order valence-corrected chi connectivity index (χ4v) is 5.91. The molecule has 0 aromatic carbocycles. The molecule has 2 aliphatic rings. The van der Waals surface area contributed by atoms with E-state index >= 15 is 0 Å². The van der Waals surface area contributed by atoms with Crippen LogP contribution in [0.2, 0.25) is 0 Å². The van der Waals surface area contributed by atoms with Crippen LogP contribution < -0.4 is 10.6 Å². The van der Waals surface area contributed by atoms with Gasteiger partial charge in [-0.2, -0.15) is 14.6 Å². The van der Waals surface area contributed by atoms with Crippen molar-refractivity contribution in [3.05, 3.63) is 53.6 Å². The van der Waals surface area contributed by atoms with Gasteiger partial charge in [-0.3, -0.25) is 14.3 Å². The predicted octanol–water partition coefficient (Wildman–Crippen LogP) is 4.55. The molecule has 4 aromatic heterocycles. The molecule has 2 fully saturated rings. The maximum absolute atomic E-state index is 14.7. The number of carbonyl (C=O) groups excluding carboxylic acids is 2. The third kappa shape index (κ3) is 6.03. The van der Waals surface area contributed by atoms with Gasteiger partial charge in [0.25, 0.3) is 5.91 Å². The largest absolute Gasteiger partial charge is 0.441 e. The number of amides is 1. The molecule has 0 spiro atoms. The minimum absolute atomic E-state index is 0.0336. The van der Waals surface area contributed by atoms with Gasteiger partial charge in [-0.25, -0.2) is 19.0 Å². The van der Waals surface area contributed by atoms with Gasteiger partial charge in [-0.15, -0.1) is 11.3 Å². The third-order valence-corrected chi connectivity index (χ3v) is 8.16. The number of rotatable bonds is 8. The van der Waals surface area contributed by atoms with Crippen molar-refractivity contribution in [1.82, 2.24) is 34.8 Å². The van der Waals surface area contributed by atoms with Crippen LogP contribution >= 0.6 is 11.3 Å². The molecule has 4 aromatic rings. The lowest BCUT2D eigenvalue weighted by molar-refractivity contribution is -0.150. The minimum atomic E-state index is -0.847. The second-order valence-corrected chi connectivity index (χ2v) is 11.0. The lowest BCUT2D eigenvalue weighted by Crippen LogP contribution is -2.32. The first-order valence-corrected chi connectivity index (χ1v) is 14.4. The molecule has 214 valence electrons. The smallest absolute Gasteiger partial charge is 0.324 e. The van der Waals surface area contributed by atoms with Crippen molar-refractivity contribution in [3.8, 4) is 22.0 Å². The average molecular weight is 583 g/mol. The summed E-state index contributed by atoms with van der Waals surface area (Å²) in [6, 6.07) is 1.74. The number of carbonyl (C=O) groups is 2. The van der Waals surface area contributed by atoms with E-state index < -0.39 is 17.7 Å². The Hall–Kier alpha value is -4.04. The van der Waals surface area contributed by atoms with Gasteiger partial charge in [-0.1, -0.05) is 19.3 Å². The van der Waals surface area contributed by atoms with E-state index in [1.165, 1.54) is 16.0 Å². The van der Waals surface area contributed by atoms with E-state index in [1.807, 2.05) is 0 Å². The Kier molecular flexibility index (Phi) is 7.83. The van der Waals surface area contributed by atoms with Crippen molar-refractivity contribution in [2.75, 3.05) is 11.9 Å². The number of anilines is 1. The molecule has 1 unspecified atom stereocenters. The summed E-state index contributed by atoms with van der Waals surface area (Å²) < 4.78 is 37.1. The fourth-order valence-electron chi connectivity index (χ4n) is 5.13. The van der Waals surface area contributed by atoms with Crippen LogP contribution in [-0.4, -0.2) is 54.0 Å². The minimum Gasteiger partial charge on any atom is -0.441 e. The number of ether oxygens (including phenoxy) is 1. The number of hydrogen-bond acceptors (Lipinski definition) is 9. The van der Waals surface area contributed by atoms with E-state index in [0.717, 1.165) is 63.6 Å². The van der Waals surface area contributed by atoms with Gasteiger partial charge in [0.05, 0.1) is 17.9 Å². The summed E-state index contributed by atoms with van der Waals surface area (Å²) in [6.45, 7) is 0.766. The number of hydrogen-bond donors (Lipinski definition) is 2. The number of esters is 1. The van der Waals surface area contributed by atoms with Crippen LogP contribution in [0.3, 0.4) is 0 Å². The number of thiazole rings is 1. The molecular formula is C27H28F2N8O3S. The molecule has 41 heavy (non-hydrogen) atoms. The van der Waals surface area contributed by atoms with Crippen molar-refractivity contribution in [1.29, 1.82) is 0 Å². The van der Waals surface area contributed by atoms with Gasteiger partial charge >= 0.3 is 5.97 Å². The summed E-state index contributed by atoms with van der Waals surface area (Å²) in [5.74, 6) is -2.43. The van der Waals surface area contributed by atoms with E-state index in [2.05, 4.69) is 30.8 Å². The standard InChI is InChI=1S/C27H28F2N8O3S/c28-18-8-9-22(29)34-23(18)24-20(13-37(35-24)17-5-2-1-3-6-17)32-25(38)21-14-41-26(33-21)16-11-31-36(12-16)15-40-27(39)19-7-4-10-30-19/h8-9,11-14,17,19,30H,1-7,10,15H2,(H,32,38). The van der Waals surface area contributed by atoms with Crippen LogP contribution in [0.5, 0.6) is 0 Å². The van der Waals surface area contributed by atoms with Crippen molar-refractivity contribution < 1.29 is 23.1 Å². The predicted molar refractivity (Wildman–Crippen MR) is 146 cm³/mol. The Morgan fingerprint density at radius 1 is 1.07 bits per heavy atom. The van der Waals surface area contributed by atoms with E-state index in [9.17, 15) is 18.4 Å². The molecule has 0 bridgehead atoms. The molecule has 1 aliphatic carbocycles. The summed E-state index contributed by atoms with van der Waals surface area (Å²) in [5, 5.41) is 16.8. The maximum atomic E-state index is 14.7. The van der Waals surface area contributed by atoms with Crippen LogP contribution in [0.15, 0.2) is 36.1 Å². The summed E-state index contributed by atoms with van der Waals surface area (Å²) in [5.41, 5.74) is 0.797. The van der Waals surface area contributed by atoms with Crippen LogP contribution in [0.1, 0.15) is 61.5 Å². The van der Waals surface area contributed by atoms with Crippen LogP contribution in [-0.2, 0) is 16.3 Å². The normalized spacial score (nSPS) is 17.6. The van der Waals surface area contributed by atoms with Gasteiger partial charge in [0.1, 0.15) is 28.1 Å². The molecule has 1 amide bonds. The maximum Gasteiger partial charge on any atom is 0.324 e. The molecule has 1 aliphatic heterocycles. The molecule has 2 N–H and O–H groups in total. The zero-order chi connectivity index (χ0) is 28.3. The topological polar surface area (TPSA) is 129 Å². The number of halogens is 2. The molecule has 5 heterocycles. The van der Waals surface area contributed by atoms with E-state index in [1.54, 1.807) is 28.7 Å². The number of nitrogens with zero attached hydrogens (tertiary/aromatic N) is 6.